The molecule has 0 aromatic heterocycles. The van der Waals surface area contributed by atoms with Crippen LogP contribution >= 0.6 is 0 Å². The van der Waals surface area contributed by atoms with E-state index in [1.54, 1.807) is 6.07 Å². The molecule has 1 heterocycles. The van der Waals surface area contributed by atoms with Crippen LogP contribution in [0, 0.1) is 11.7 Å². The first-order valence-electron chi connectivity index (χ1n) is 13.2. The molecule has 7 nitrogen and oxygen atoms in total. The average Bonchev–Trinajstić information content (AvgIpc) is 2.86. The molecule has 0 spiro atoms. The molecule has 4 N–H and O–H groups in total. The molecule has 3 rings (SSSR count). The van der Waals surface area contributed by atoms with Crippen molar-refractivity contribution in [1.82, 2.24) is 16.0 Å². The number of ether oxygens (including phenoxy) is 1. The van der Waals surface area contributed by atoms with Gasteiger partial charge in [-0.25, -0.2) is 4.39 Å². The zero-order valence-corrected chi connectivity index (χ0v) is 22.1. The van der Waals surface area contributed by atoms with Crippen molar-refractivity contribution in [2.75, 3.05) is 13.2 Å². The van der Waals surface area contributed by atoms with Crippen LogP contribution in [0.5, 0.6) is 5.75 Å². The lowest BCUT2D eigenvalue weighted by Crippen LogP contribution is -2.56. The minimum Gasteiger partial charge on any atom is -0.493 e. The summed E-state index contributed by atoms with van der Waals surface area (Å²) in [5.41, 5.74) is 2.95. The third-order valence-electron chi connectivity index (χ3n) is 6.59. The monoisotopic (exact) mass is 513 g/mol. The van der Waals surface area contributed by atoms with Gasteiger partial charge in [0.05, 0.1) is 18.8 Å². The Morgan fingerprint density at radius 3 is 2.65 bits per heavy atom. The number of halogens is 1. The van der Waals surface area contributed by atoms with Gasteiger partial charge in [-0.15, -0.1) is 0 Å². The van der Waals surface area contributed by atoms with Gasteiger partial charge in [0.1, 0.15) is 17.6 Å². The Bertz CT molecular complexity index is 1050. The summed E-state index contributed by atoms with van der Waals surface area (Å²) in [5, 5.41) is 20.1. The molecular formula is C29H40FN3O4. The number of carbonyl (C=O) groups is 2. The first kappa shape index (κ1) is 28.6. The second-order valence-electron chi connectivity index (χ2n) is 10.1. The maximum atomic E-state index is 14.4. The quantitative estimate of drug-likeness (QED) is 0.456. The molecule has 2 amide bonds. The van der Waals surface area contributed by atoms with E-state index in [-0.39, 0.29) is 37.1 Å². The van der Waals surface area contributed by atoms with Crippen LogP contribution < -0.4 is 20.7 Å². The summed E-state index contributed by atoms with van der Waals surface area (Å²) in [6.07, 6.45) is 1.68. The van der Waals surface area contributed by atoms with E-state index in [0.717, 1.165) is 12.0 Å². The molecule has 3 atom stereocenters. The van der Waals surface area contributed by atoms with Gasteiger partial charge in [0, 0.05) is 25.6 Å². The number of aryl methyl sites for hydroxylation is 1. The highest BCUT2D eigenvalue weighted by Crippen LogP contribution is 2.20. The first-order chi connectivity index (χ1) is 17.7. The molecule has 0 aliphatic carbocycles. The normalized spacial score (nSPS) is 20.3. The van der Waals surface area contributed by atoms with E-state index in [2.05, 4.69) is 35.0 Å². The number of hydrogen-bond acceptors (Lipinski definition) is 5. The Balaban J connectivity index is 1.79. The van der Waals surface area contributed by atoms with Crippen molar-refractivity contribution in [3.63, 3.8) is 0 Å². The van der Waals surface area contributed by atoms with Gasteiger partial charge in [-0.1, -0.05) is 45.0 Å². The van der Waals surface area contributed by atoms with Crippen LogP contribution in [0.2, 0.25) is 0 Å². The van der Waals surface area contributed by atoms with E-state index < -0.39 is 24.0 Å². The highest BCUT2D eigenvalue weighted by Gasteiger charge is 2.29. The zero-order valence-electron chi connectivity index (χ0n) is 22.1. The number of rotatable bonds is 7. The predicted octanol–water partition coefficient (Wildman–Crippen LogP) is 3.27. The van der Waals surface area contributed by atoms with Gasteiger partial charge < -0.3 is 25.8 Å². The Morgan fingerprint density at radius 1 is 1.11 bits per heavy atom. The molecule has 202 valence electrons. The van der Waals surface area contributed by atoms with Crippen LogP contribution in [0.3, 0.4) is 0 Å². The highest BCUT2D eigenvalue weighted by molar-refractivity contribution is 5.88. The number of hydrogen-bond donors (Lipinski definition) is 4. The van der Waals surface area contributed by atoms with E-state index in [9.17, 15) is 19.1 Å². The summed E-state index contributed by atoms with van der Waals surface area (Å²) in [6, 6.07) is 11.2. The Morgan fingerprint density at radius 2 is 1.89 bits per heavy atom. The third-order valence-corrected chi connectivity index (χ3v) is 6.59. The van der Waals surface area contributed by atoms with Gasteiger partial charge in [0.2, 0.25) is 11.8 Å². The predicted molar refractivity (Wildman–Crippen MR) is 142 cm³/mol. The van der Waals surface area contributed by atoms with E-state index in [1.165, 1.54) is 17.7 Å². The minimum absolute atomic E-state index is 0.148. The largest absolute Gasteiger partial charge is 0.493 e. The Labute approximate surface area is 219 Å². The Kier molecular flexibility index (Phi) is 10.9. The molecule has 0 saturated heterocycles. The fourth-order valence-corrected chi connectivity index (χ4v) is 4.46. The lowest BCUT2D eigenvalue weighted by molar-refractivity contribution is -0.131. The third kappa shape index (κ3) is 9.13. The molecule has 1 aliphatic rings. The molecule has 2 bridgehead atoms. The van der Waals surface area contributed by atoms with Crippen LogP contribution in [-0.2, 0) is 29.0 Å². The topological polar surface area (TPSA) is 99.7 Å². The van der Waals surface area contributed by atoms with Gasteiger partial charge in [-0.2, -0.15) is 0 Å². The van der Waals surface area contributed by atoms with Crippen molar-refractivity contribution in [3.8, 4) is 5.75 Å². The highest BCUT2D eigenvalue weighted by atomic mass is 19.1. The maximum Gasteiger partial charge on any atom is 0.243 e. The number of amides is 2. The van der Waals surface area contributed by atoms with E-state index >= 15 is 0 Å². The second kappa shape index (κ2) is 14.1. The number of benzene rings is 2. The molecule has 0 fully saturated rings. The van der Waals surface area contributed by atoms with Crippen molar-refractivity contribution in [1.29, 1.82) is 0 Å². The molecule has 1 aliphatic heterocycles. The van der Waals surface area contributed by atoms with Crippen molar-refractivity contribution in [2.45, 2.75) is 77.6 Å². The van der Waals surface area contributed by atoms with E-state index in [0.29, 0.717) is 37.3 Å². The summed E-state index contributed by atoms with van der Waals surface area (Å²) >= 11 is 0. The Hall–Kier alpha value is -2.97. The van der Waals surface area contributed by atoms with Crippen LogP contribution in [0.4, 0.5) is 4.39 Å². The van der Waals surface area contributed by atoms with E-state index in [1.807, 2.05) is 26.0 Å². The molecular weight excluding hydrogens is 473 g/mol. The standard InChI is InChI=1S/C29H40FN3O4/c1-4-20-8-7-9-21(12-20)17-31-18-26(34)25-15-22-13-23(30)16-24(14-22)37-11-6-5-10-27(35)33-28(19(2)3)29(36)32-25/h7-9,12-14,16,19,25-26,28,31,34H,4-6,10-11,15,17-18H2,1-3H3,(H,32,36)(H,33,35). The summed E-state index contributed by atoms with van der Waals surface area (Å²) in [6.45, 7) is 6.97. The fourth-order valence-electron chi connectivity index (χ4n) is 4.46. The molecule has 8 heteroatoms. The molecule has 3 unspecified atom stereocenters. The number of aliphatic hydroxyl groups is 1. The fraction of sp³-hybridized carbons (Fsp3) is 0.517. The minimum atomic E-state index is -0.954. The SMILES string of the molecule is CCc1cccc(CNCC(O)C2Cc3cc(F)cc(c3)OCCCCC(=O)NC(C(C)C)C(=O)N2)c1. The average molecular weight is 514 g/mol. The van der Waals surface area contributed by atoms with Crippen molar-refractivity contribution in [3.05, 3.63) is 65.0 Å². The molecule has 2 aromatic carbocycles. The lowest BCUT2D eigenvalue weighted by atomic mass is 9.98. The molecule has 0 saturated carbocycles. The van der Waals surface area contributed by atoms with Gasteiger partial charge in [-0.05, 0) is 60.4 Å². The van der Waals surface area contributed by atoms with E-state index in [4.69, 9.17) is 4.74 Å². The number of carbonyl (C=O) groups excluding carboxylic acids is 2. The number of aliphatic hydroxyl groups excluding tert-OH is 1. The first-order valence-corrected chi connectivity index (χ1v) is 13.2. The number of fused-ring (bicyclic) bond motifs is 2. The van der Waals surface area contributed by atoms with Gasteiger partial charge in [0.15, 0.2) is 0 Å². The van der Waals surface area contributed by atoms with Crippen molar-refractivity contribution in [2.24, 2.45) is 5.92 Å². The van der Waals surface area contributed by atoms with Crippen molar-refractivity contribution < 1.29 is 23.8 Å². The van der Waals surface area contributed by atoms with Crippen LogP contribution in [0.15, 0.2) is 42.5 Å². The molecule has 2 aromatic rings. The van der Waals surface area contributed by atoms with Crippen LogP contribution in [0.1, 0.15) is 56.7 Å². The van der Waals surface area contributed by atoms with Crippen molar-refractivity contribution >= 4 is 11.8 Å². The second-order valence-corrected chi connectivity index (χ2v) is 10.1. The smallest absolute Gasteiger partial charge is 0.243 e. The summed E-state index contributed by atoms with van der Waals surface area (Å²) in [4.78, 5) is 25.7. The number of nitrogens with one attached hydrogen (secondary N) is 3. The molecule has 37 heavy (non-hydrogen) atoms. The van der Waals surface area contributed by atoms with Gasteiger partial charge >= 0.3 is 0 Å². The maximum absolute atomic E-state index is 14.4. The summed E-state index contributed by atoms with van der Waals surface area (Å²) in [7, 11) is 0. The zero-order chi connectivity index (χ0) is 26.8. The van der Waals surface area contributed by atoms with Gasteiger partial charge in [-0.3, -0.25) is 9.59 Å². The van der Waals surface area contributed by atoms with Gasteiger partial charge in [0.25, 0.3) is 0 Å². The molecule has 0 radical (unpaired) electrons. The van der Waals surface area contributed by atoms with Crippen LogP contribution in [-0.4, -0.2) is 48.3 Å². The summed E-state index contributed by atoms with van der Waals surface area (Å²) < 4.78 is 20.1. The summed E-state index contributed by atoms with van der Waals surface area (Å²) in [5.74, 6) is -0.773. The lowest BCUT2D eigenvalue weighted by Gasteiger charge is -2.29. The van der Waals surface area contributed by atoms with Crippen LogP contribution in [0.25, 0.3) is 0 Å².